The molecule has 2 aromatic rings. The van der Waals surface area contributed by atoms with Gasteiger partial charge in [-0.25, -0.2) is 8.78 Å². The minimum atomic E-state index is -0.687. The highest BCUT2D eigenvalue weighted by molar-refractivity contribution is 5.85. The van der Waals surface area contributed by atoms with Gasteiger partial charge >= 0.3 is 0 Å². The molecule has 0 fully saturated rings. The lowest BCUT2D eigenvalue weighted by atomic mass is 10.1. The molecule has 0 bridgehead atoms. The summed E-state index contributed by atoms with van der Waals surface area (Å²) >= 11 is 0. The number of ketones is 1. The SMILES string of the molecule is O=C(CNc1ccccc1)Cc1c(F)cccc1F. The van der Waals surface area contributed by atoms with E-state index in [0.29, 0.717) is 0 Å². The number of hydrogen-bond donors (Lipinski definition) is 1. The maximum absolute atomic E-state index is 13.4. The third-order valence-corrected chi connectivity index (χ3v) is 2.70. The van der Waals surface area contributed by atoms with Crippen LogP contribution in [0.1, 0.15) is 5.56 Å². The van der Waals surface area contributed by atoms with Gasteiger partial charge in [-0.1, -0.05) is 24.3 Å². The number of nitrogens with one attached hydrogen (secondary N) is 1. The summed E-state index contributed by atoms with van der Waals surface area (Å²) in [6.45, 7) is 0.0395. The molecule has 0 amide bonds. The van der Waals surface area contributed by atoms with Gasteiger partial charge in [-0.2, -0.15) is 0 Å². The topological polar surface area (TPSA) is 29.1 Å². The largest absolute Gasteiger partial charge is 0.378 e. The molecule has 2 aromatic carbocycles. The first-order valence-corrected chi connectivity index (χ1v) is 5.90. The molecule has 98 valence electrons. The molecule has 0 unspecified atom stereocenters. The molecule has 1 N–H and O–H groups in total. The van der Waals surface area contributed by atoms with Gasteiger partial charge in [-0.05, 0) is 24.3 Å². The number of anilines is 1. The fourth-order valence-electron chi connectivity index (χ4n) is 1.72. The summed E-state index contributed by atoms with van der Waals surface area (Å²) in [7, 11) is 0. The van der Waals surface area contributed by atoms with Crippen molar-refractivity contribution in [2.45, 2.75) is 6.42 Å². The summed E-state index contributed by atoms with van der Waals surface area (Å²) in [6.07, 6.45) is -0.252. The number of benzene rings is 2. The lowest BCUT2D eigenvalue weighted by Crippen LogP contribution is -2.17. The lowest BCUT2D eigenvalue weighted by molar-refractivity contribution is -0.116. The van der Waals surface area contributed by atoms with E-state index in [1.807, 2.05) is 30.3 Å². The van der Waals surface area contributed by atoms with Crippen LogP contribution < -0.4 is 5.32 Å². The Hall–Kier alpha value is -2.23. The van der Waals surface area contributed by atoms with Crippen LogP contribution in [0.15, 0.2) is 48.5 Å². The molecule has 19 heavy (non-hydrogen) atoms. The van der Waals surface area contributed by atoms with E-state index in [4.69, 9.17) is 0 Å². The van der Waals surface area contributed by atoms with Gasteiger partial charge in [-0.3, -0.25) is 4.79 Å². The van der Waals surface area contributed by atoms with Gasteiger partial charge in [0.05, 0.1) is 6.54 Å². The van der Waals surface area contributed by atoms with Crippen molar-refractivity contribution in [2.24, 2.45) is 0 Å². The van der Waals surface area contributed by atoms with E-state index in [1.165, 1.54) is 6.07 Å². The number of hydrogen-bond acceptors (Lipinski definition) is 2. The number of Topliss-reactive ketones (excluding diaryl/α,β-unsaturated/α-hetero) is 1. The number of halogens is 2. The first-order valence-electron chi connectivity index (χ1n) is 5.90. The second-order valence-electron chi connectivity index (χ2n) is 4.14. The monoisotopic (exact) mass is 261 g/mol. The summed E-state index contributed by atoms with van der Waals surface area (Å²) in [5.74, 6) is -1.64. The Balaban J connectivity index is 1.95. The maximum Gasteiger partial charge on any atom is 0.156 e. The van der Waals surface area contributed by atoms with Crippen molar-refractivity contribution >= 4 is 11.5 Å². The summed E-state index contributed by atoms with van der Waals surface area (Å²) in [4.78, 5) is 11.7. The van der Waals surface area contributed by atoms with Crippen molar-refractivity contribution in [1.82, 2.24) is 0 Å². The van der Waals surface area contributed by atoms with E-state index < -0.39 is 11.6 Å². The zero-order valence-corrected chi connectivity index (χ0v) is 10.2. The molecule has 0 aliphatic carbocycles. The lowest BCUT2D eigenvalue weighted by Gasteiger charge is -2.07. The predicted octanol–water partition coefficient (Wildman–Crippen LogP) is 3.19. The Morgan fingerprint density at radius 2 is 1.58 bits per heavy atom. The smallest absolute Gasteiger partial charge is 0.156 e. The third-order valence-electron chi connectivity index (χ3n) is 2.70. The van der Waals surface area contributed by atoms with Crippen LogP contribution in [0.4, 0.5) is 14.5 Å². The molecule has 4 heteroatoms. The van der Waals surface area contributed by atoms with Crippen LogP contribution in [0.3, 0.4) is 0 Å². The van der Waals surface area contributed by atoms with Crippen LogP contribution in [0, 0.1) is 11.6 Å². The molecule has 0 saturated carbocycles. The minimum absolute atomic E-state index is 0.0395. The van der Waals surface area contributed by atoms with Crippen molar-refractivity contribution in [2.75, 3.05) is 11.9 Å². The van der Waals surface area contributed by atoms with Crippen molar-refractivity contribution in [1.29, 1.82) is 0 Å². The highest BCUT2D eigenvalue weighted by Gasteiger charge is 2.12. The molecule has 0 heterocycles. The van der Waals surface area contributed by atoms with E-state index in [0.717, 1.165) is 17.8 Å². The first kappa shape index (κ1) is 13.2. The van der Waals surface area contributed by atoms with Crippen LogP contribution in [-0.4, -0.2) is 12.3 Å². The number of carbonyl (C=O) groups is 1. The summed E-state index contributed by atoms with van der Waals surface area (Å²) in [5.41, 5.74) is 0.618. The molecule has 0 aliphatic heterocycles. The van der Waals surface area contributed by atoms with Crippen LogP contribution in [0.5, 0.6) is 0 Å². The second-order valence-corrected chi connectivity index (χ2v) is 4.14. The predicted molar refractivity (Wildman–Crippen MR) is 70.0 cm³/mol. The third kappa shape index (κ3) is 3.61. The summed E-state index contributed by atoms with van der Waals surface area (Å²) < 4.78 is 26.7. The van der Waals surface area contributed by atoms with Gasteiger partial charge in [0.2, 0.25) is 0 Å². The summed E-state index contributed by atoms with van der Waals surface area (Å²) in [6, 6.07) is 12.7. The van der Waals surface area contributed by atoms with E-state index in [1.54, 1.807) is 0 Å². The quantitative estimate of drug-likeness (QED) is 0.895. The Labute approximate surface area is 110 Å². The summed E-state index contributed by atoms with van der Waals surface area (Å²) in [5, 5.41) is 2.91. The Morgan fingerprint density at radius 1 is 0.947 bits per heavy atom. The van der Waals surface area contributed by atoms with Crippen molar-refractivity contribution < 1.29 is 13.6 Å². The van der Waals surface area contributed by atoms with Gasteiger partial charge in [0, 0.05) is 17.7 Å². The van der Waals surface area contributed by atoms with Crippen molar-refractivity contribution in [3.05, 3.63) is 65.7 Å². The average molecular weight is 261 g/mol. The van der Waals surface area contributed by atoms with E-state index in [2.05, 4.69) is 5.32 Å². The molecule has 0 atom stereocenters. The fraction of sp³-hybridized carbons (Fsp3) is 0.133. The fourth-order valence-corrected chi connectivity index (χ4v) is 1.72. The van der Waals surface area contributed by atoms with Crippen molar-refractivity contribution in [3.63, 3.8) is 0 Å². The molecular formula is C15H13F2NO. The Kier molecular flexibility index (Phi) is 4.23. The molecule has 0 saturated heterocycles. The normalized spacial score (nSPS) is 10.2. The van der Waals surface area contributed by atoms with E-state index in [9.17, 15) is 13.6 Å². The highest BCUT2D eigenvalue weighted by Crippen LogP contribution is 2.13. The van der Waals surface area contributed by atoms with E-state index >= 15 is 0 Å². The molecule has 0 radical (unpaired) electrons. The minimum Gasteiger partial charge on any atom is -0.378 e. The number of rotatable bonds is 5. The zero-order chi connectivity index (χ0) is 13.7. The first-order chi connectivity index (χ1) is 9.16. The van der Waals surface area contributed by atoms with Crippen LogP contribution in [0.25, 0.3) is 0 Å². The second kappa shape index (κ2) is 6.09. The van der Waals surface area contributed by atoms with Crippen LogP contribution in [-0.2, 0) is 11.2 Å². The zero-order valence-electron chi connectivity index (χ0n) is 10.2. The molecule has 2 nitrogen and oxygen atoms in total. The number of carbonyl (C=O) groups excluding carboxylic acids is 1. The van der Waals surface area contributed by atoms with E-state index in [-0.39, 0.29) is 24.3 Å². The van der Waals surface area contributed by atoms with Crippen LogP contribution >= 0.6 is 0 Å². The Morgan fingerprint density at radius 3 is 2.21 bits per heavy atom. The van der Waals surface area contributed by atoms with Gasteiger partial charge < -0.3 is 5.32 Å². The van der Waals surface area contributed by atoms with Crippen molar-refractivity contribution in [3.8, 4) is 0 Å². The Bertz CT molecular complexity index is 549. The molecule has 0 aromatic heterocycles. The maximum atomic E-state index is 13.4. The molecule has 0 spiro atoms. The average Bonchev–Trinajstić information content (AvgIpc) is 2.42. The van der Waals surface area contributed by atoms with Gasteiger partial charge in [-0.15, -0.1) is 0 Å². The van der Waals surface area contributed by atoms with Crippen LogP contribution in [0.2, 0.25) is 0 Å². The highest BCUT2D eigenvalue weighted by atomic mass is 19.1. The number of para-hydroxylation sites is 1. The molecule has 0 aliphatic rings. The molecular weight excluding hydrogens is 248 g/mol. The van der Waals surface area contributed by atoms with Gasteiger partial charge in [0.25, 0.3) is 0 Å². The van der Waals surface area contributed by atoms with Gasteiger partial charge in [0.1, 0.15) is 11.6 Å². The van der Waals surface area contributed by atoms with Gasteiger partial charge in [0.15, 0.2) is 5.78 Å². The molecule has 2 rings (SSSR count). The standard InChI is InChI=1S/C15H13F2NO/c16-14-7-4-8-15(17)13(14)9-12(19)10-18-11-5-2-1-3-6-11/h1-8,18H,9-10H2.